The monoisotopic (exact) mass is 277 g/mol. The van der Waals surface area contributed by atoms with E-state index >= 15 is 0 Å². The van der Waals surface area contributed by atoms with E-state index in [-0.39, 0.29) is 11.7 Å². The summed E-state index contributed by atoms with van der Waals surface area (Å²) in [4.78, 5) is 4.57. The van der Waals surface area contributed by atoms with Crippen LogP contribution in [0.3, 0.4) is 0 Å². The molecule has 0 bridgehead atoms. The van der Waals surface area contributed by atoms with E-state index in [9.17, 15) is 0 Å². The van der Waals surface area contributed by atoms with Gasteiger partial charge in [-0.05, 0) is 12.2 Å². The molecular weight excluding hydrogens is 262 g/mol. The van der Waals surface area contributed by atoms with Gasteiger partial charge >= 0.3 is 0 Å². The van der Waals surface area contributed by atoms with Crippen molar-refractivity contribution < 1.29 is 0 Å². The normalized spacial score (nSPS) is 23.0. The Bertz CT molecular complexity index is 736. The van der Waals surface area contributed by atoms with E-state index in [0.29, 0.717) is 11.3 Å². The van der Waals surface area contributed by atoms with Crippen molar-refractivity contribution in [1.82, 2.24) is 0 Å². The van der Waals surface area contributed by atoms with E-state index in [4.69, 9.17) is 22.3 Å². The first-order chi connectivity index (χ1) is 10.1. The van der Waals surface area contributed by atoms with Crippen LogP contribution in [0.4, 0.5) is 0 Å². The fourth-order valence-electron chi connectivity index (χ4n) is 2.62. The Morgan fingerprint density at radius 3 is 2.33 bits per heavy atom. The van der Waals surface area contributed by atoms with E-state index in [0.717, 1.165) is 11.3 Å². The van der Waals surface area contributed by atoms with E-state index in [1.54, 1.807) is 12.2 Å². The quantitative estimate of drug-likeness (QED) is 0.498. The second-order valence-electron chi connectivity index (χ2n) is 4.97. The van der Waals surface area contributed by atoms with Crippen molar-refractivity contribution in [1.29, 1.82) is 10.8 Å². The summed E-state index contributed by atoms with van der Waals surface area (Å²) in [6.07, 6.45) is 7.11. The average molecular weight is 277 g/mol. The third-order valence-electron chi connectivity index (χ3n) is 3.74. The first-order valence-corrected chi connectivity index (χ1v) is 6.51. The summed E-state index contributed by atoms with van der Waals surface area (Å²) < 4.78 is 0. The molecular formula is C16H15N5. The first kappa shape index (κ1) is 13.1. The molecule has 0 unspecified atom stereocenters. The average Bonchev–Trinajstić information content (AvgIpc) is 2.91. The van der Waals surface area contributed by atoms with Gasteiger partial charge in [-0.25, -0.2) is 4.99 Å². The lowest BCUT2D eigenvalue weighted by Gasteiger charge is -2.31. The van der Waals surface area contributed by atoms with E-state index < -0.39 is 5.41 Å². The Morgan fingerprint density at radius 1 is 1.05 bits per heavy atom. The van der Waals surface area contributed by atoms with Gasteiger partial charge in [0.2, 0.25) is 0 Å². The maximum atomic E-state index is 7.88. The van der Waals surface area contributed by atoms with Gasteiger partial charge in [0.05, 0.1) is 11.4 Å². The molecule has 1 heterocycles. The summed E-state index contributed by atoms with van der Waals surface area (Å²) in [6.45, 7) is 0. The minimum absolute atomic E-state index is 0.174. The van der Waals surface area contributed by atoms with Crippen LogP contribution in [-0.4, -0.2) is 17.4 Å². The molecule has 1 aromatic rings. The second-order valence-corrected chi connectivity index (χ2v) is 4.97. The number of nitrogens with one attached hydrogen (secondary N) is 2. The third kappa shape index (κ3) is 1.82. The van der Waals surface area contributed by atoms with Crippen LogP contribution >= 0.6 is 0 Å². The lowest BCUT2D eigenvalue weighted by atomic mass is 9.74. The van der Waals surface area contributed by atoms with Crippen molar-refractivity contribution in [3.8, 4) is 0 Å². The van der Waals surface area contributed by atoms with Crippen molar-refractivity contribution in [3.63, 3.8) is 0 Å². The fraction of sp³-hybridized carbons (Fsp3) is 0.0625. The minimum Gasteiger partial charge on any atom is -0.386 e. The van der Waals surface area contributed by atoms with Gasteiger partial charge < -0.3 is 11.5 Å². The number of nitrogens with zero attached hydrogens (tertiary/aromatic N) is 1. The number of hydrogen-bond donors (Lipinski definition) is 4. The van der Waals surface area contributed by atoms with Crippen molar-refractivity contribution in [2.75, 3.05) is 0 Å². The minimum atomic E-state index is -1.19. The summed E-state index contributed by atoms with van der Waals surface area (Å²) in [5, 5.41) is 15.8. The molecule has 0 atom stereocenters. The summed E-state index contributed by atoms with van der Waals surface area (Å²) >= 11 is 0. The maximum absolute atomic E-state index is 7.88. The second kappa shape index (κ2) is 4.56. The van der Waals surface area contributed by atoms with Crippen LogP contribution in [0.1, 0.15) is 5.56 Å². The van der Waals surface area contributed by atoms with E-state index in [1.807, 2.05) is 42.5 Å². The number of fused-ring (bicyclic) bond motifs is 1. The number of rotatable bonds is 3. The van der Waals surface area contributed by atoms with Crippen LogP contribution in [0, 0.1) is 16.2 Å². The lowest BCUT2D eigenvalue weighted by Crippen LogP contribution is -2.47. The van der Waals surface area contributed by atoms with E-state index in [2.05, 4.69) is 4.99 Å². The summed E-state index contributed by atoms with van der Waals surface area (Å²) in [5.41, 5.74) is 13.4. The Kier molecular flexibility index (Phi) is 2.83. The van der Waals surface area contributed by atoms with Gasteiger partial charge in [0.1, 0.15) is 17.1 Å². The summed E-state index contributed by atoms with van der Waals surface area (Å²) in [7, 11) is 0. The summed E-state index contributed by atoms with van der Waals surface area (Å²) in [5.74, 6) is -0.347. The fourth-order valence-corrected chi connectivity index (χ4v) is 2.62. The zero-order chi connectivity index (χ0) is 15.0. The van der Waals surface area contributed by atoms with Crippen LogP contribution in [0.2, 0.25) is 0 Å². The highest BCUT2D eigenvalue weighted by Crippen LogP contribution is 2.41. The molecule has 5 heteroatoms. The number of aliphatic imine (C=N–C) groups is 1. The molecule has 5 nitrogen and oxygen atoms in total. The van der Waals surface area contributed by atoms with Crippen LogP contribution in [0.25, 0.3) is 0 Å². The number of benzene rings is 1. The highest BCUT2D eigenvalue weighted by Gasteiger charge is 2.43. The van der Waals surface area contributed by atoms with Gasteiger partial charge in [0.25, 0.3) is 0 Å². The lowest BCUT2D eigenvalue weighted by molar-refractivity contribution is 0.825. The Hall–Kier alpha value is -2.95. The molecule has 2 aliphatic rings. The summed E-state index contributed by atoms with van der Waals surface area (Å²) in [6, 6.07) is 9.74. The topological polar surface area (TPSA) is 112 Å². The predicted octanol–water partition coefficient (Wildman–Crippen LogP) is 1.73. The number of hydrogen-bond acceptors (Lipinski definition) is 3. The zero-order valence-corrected chi connectivity index (χ0v) is 11.3. The van der Waals surface area contributed by atoms with Crippen molar-refractivity contribution in [2.24, 2.45) is 21.9 Å². The van der Waals surface area contributed by atoms with Gasteiger partial charge in [-0.2, -0.15) is 0 Å². The molecule has 3 rings (SSSR count). The molecule has 1 aliphatic carbocycles. The van der Waals surface area contributed by atoms with Crippen molar-refractivity contribution in [2.45, 2.75) is 0 Å². The largest absolute Gasteiger partial charge is 0.386 e. The van der Waals surface area contributed by atoms with Gasteiger partial charge in [0.15, 0.2) is 0 Å². The highest BCUT2D eigenvalue weighted by atomic mass is 14.9. The first-order valence-electron chi connectivity index (χ1n) is 6.51. The number of amidine groups is 2. The number of allylic oxidation sites excluding steroid dienone is 4. The molecule has 21 heavy (non-hydrogen) atoms. The molecule has 0 saturated heterocycles. The molecule has 0 fully saturated rings. The standard InChI is InChI=1S/C16H15N5/c17-14(18)16(15(19)20)8-4-7-12-11(16)9-13(21-12)10-5-2-1-3-6-10/h1-9H,(H3,17,18)(H3,19,20). The smallest absolute Gasteiger partial charge is 0.129 e. The van der Waals surface area contributed by atoms with Crippen LogP contribution < -0.4 is 11.5 Å². The molecule has 0 aromatic heterocycles. The van der Waals surface area contributed by atoms with Crippen LogP contribution in [-0.2, 0) is 0 Å². The van der Waals surface area contributed by atoms with Gasteiger partial charge in [-0.1, -0.05) is 42.5 Å². The van der Waals surface area contributed by atoms with Gasteiger partial charge in [0, 0.05) is 11.1 Å². The van der Waals surface area contributed by atoms with Crippen LogP contribution in [0.15, 0.2) is 70.9 Å². The van der Waals surface area contributed by atoms with Gasteiger partial charge in [-0.3, -0.25) is 10.8 Å². The van der Waals surface area contributed by atoms with Crippen LogP contribution in [0.5, 0.6) is 0 Å². The Morgan fingerprint density at radius 2 is 1.71 bits per heavy atom. The Balaban J connectivity index is 2.14. The molecule has 1 aromatic carbocycles. The Labute approximate surface area is 122 Å². The molecule has 0 saturated carbocycles. The number of nitrogens with two attached hydrogens (primary N) is 2. The molecule has 0 amide bonds. The third-order valence-corrected chi connectivity index (χ3v) is 3.74. The molecule has 104 valence electrons. The van der Waals surface area contributed by atoms with E-state index in [1.165, 1.54) is 0 Å². The molecule has 0 spiro atoms. The SMILES string of the molecule is N=C(N)C1(C(=N)N)C=CC=C2N=C(c3ccccc3)C=C21. The highest BCUT2D eigenvalue weighted by molar-refractivity contribution is 6.18. The van der Waals surface area contributed by atoms with Crippen molar-refractivity contribution >= 4 is 17.4 Å². The van der Waals surface area contributed by atoms with Crippen molar-refractivity contribution in [3.05, 3.63) is 71.5 Å². The van der Waals surface area contributed by atoms with Gasteiger partial charge in [-0.15, -0.1) is 0 Å². The maximum Gasteiger partial charge on any atom is 0.129 e. The molecule has 0 radical (unpaired) electrons. The molecule has 1 aliphatic heterocycles. The zero-order valence-electron chi connectivity index (χ0n) is 11.3. The molecule has 6 N–H and O–H groups in total. The predicted molar refractivity (Wildman–Crippen MR) is 84.5 cm³/mol.